The van der Waals surface area contributed by atoms with Gasteiger partial charge in [0.05, 0.1) is 0 Å². The van der Waals surface area contributed by atoms with Crippen LogP contribution in [0.25, 0.3) is 0 Å². The molecule has 0 nitrogen and oxygen atoms in total. The second-order valence-corrected chi connectivity index (χ2v) is 6.62. The maximum absolute atomic E-state index is 6.47. The van der Waals surface area contributed by atoms with E-state index in [1.54, 1.807) is 0 Å². The van der Waals surface area contributed by atoms with E-state index < -0.39 is 0 Å². The molecule has 0 aromatic carbocycles. The summed E-state index contributed by atoms with van der Waals surface area (Å²) in [6, 6.07) is 4.32. The number of thiophene rings is 1. The number of hydrogen-bond acceptors (Lipinski definition) is 1. The Balaban J connectivity index is 1.75. The number of hydrogen-bond donors (Lipinski definition) is 0. The van der Waals surface area contributed by atoms with Crippen molar-refractivity contribution in [3.05, 3.63) is 22.4 Å². The van der Waals surface area contributed by atoms with Crippen molar-refractivity contribution in [2.75, 3.05) is 0 Å². The Labute approximate surface area is 108 Å². The molecule has 1 aromatic heterocycles. The average molecular weight is 257 g/mol. The van der Waals surface area contributed by atoms with Crippen LogP contribution in [-0.2, 0) is 6.42 Å². The van der Waals surface area contributed by atoms with Crippen molar-refractivity contribution in [2.24, 2.45) is 5.92 Å². The van der Waals surface area contributed by atoms with Gasteiger partial charge in [0.1, 0.15) is 0 Å². The van der Waals surface area contributed by atoms with Crippen LogP contribution in [0.4, 0.5) is 0 Å². The minimum Gasteiger partial charge on any atom is -0.149 e. The normalized spacial score (nSPS) is 20.6. The largest absolute Gasteiger partial charge is 0.149 e. The van der Waals surface area contributed by atoms with Gasteiger partial charge in [-0.25, -0.2) is 0 Å². The zero-order valence-electron chi connectivity index (χ0n) is 9.83. The number of rotatable bonds is 4. The lowest BCUT2D eigenvalue weighted by Gasteiger charge is -2.17. The Morgan fingerprint density at radius 2 is 2.00 bits per heavy atom. The molecule has 0 amide bonds. The van der Waals surface area contributed by atoms with Gasteiger partial charge in [-0.05, 0) is 30.2 Å². The highest BCUT2D eigenvalue weighted by atomic mass is 35.5. The van der Waals surface area contributed by atoms with Gasteiger partial charge < -0.3 is 0 Å². The van der Waals surface area contributed by atoms with Crippen molar-refractivity contribution >= 4 is 22.9 Å². The highest BCUT2D eigenvalue weighted by Crippen LogP contribution is 2.29. The first-order valence-corrected chi connectivity index (χ1v) is 7.82. The van der Waals surface area contributed by atoms with E-state index in [9.17, 15) is 0 Å². The summed E-state index contributed by atoms with van der Waals surface area (Å²) in [5.41, 5.74) is 0. The van der Waals surface area contributed by atoms with E-state index >= 15 is 0 Å². The lowest BCUT2D eigenvalue weighted by molar-refractivity contribution is 0.419. The van der Waals surface area contributed by atoms with Gasteiger partial charge in [0.25, 0.3) is 0 Å². The first-order valence-electron chi connectivity index (χ1n) is 6.51. The fourth-order valence-corrected chi connectivity index (χ4v) is 3.99. The summed E-state index contributed by atoms with van der Waals surface area (Å²) >= 11 is 8.30. The van der Waals surface area contributed by atoms with Crippen LogP contribution in [0.1, 0.15) is 49.8 Å². The Bertz CT molecular complexity index is 273. The smallest absolute Gasteiger partial charge is 0.0386 e. The third kappa shape index (κ3) is 4.10. The molecule has 0 N–H and O–H groups in total. The van der Waals surface area contributed by atoms with Crippen LogP contribution in [0.3, 0.4) is 0 Å². The molecule has 1 fully saturated rings. The third-order valence-electron chi connectivity index (χ3n) is 3.57. The van der Waals surface area contributed by atoms with Gasteiger partial charge in [-0.15, -0.1) is 22.9 Å². The molecule has 0 saturated heterocycles. The van der Waals surface area contributed by atoms with Crippen molar-refractivity contribution < 1.29 is 0 Å². The molecule has 16 heavy (non-hydrogen) atoms. The van der Waals surface area contributed by atoms with Crippen LogP contribution >= 0.6 is 22.9 Å². The van der Waals surface area contributed by atoms with Crippen LogP contribution in [0.2, 0.25) is 0 Å². The van der Waals surface area contributed by atoms with Gasteiger partial charge >= 0.3 is 0 Å². The zero-order chi connectivity index (χ0) is 11.2. The molecule has 1 saturated carbocycles. The molecule has 1 unspecified atom stereocenters. The average Bonchev–Trinajstić information content (AvgIpc) is 2.62. The summed E-state index contributed by atoms with van der Waals surface area (Å²) in [7, 11) is 0. The summed E-state index contributed by atoms with van der Waals surface area (Å²) in [5.74, 6) is 0.893. The molecule has 1 aromatic rings. The summed E-state index contributed by atoms with van der Waals surface area (Å²) < 4.78 is 0. The summed E-state index contributed by atoms with van der Waals surface area (Å²) in [5, 5.41) is 2.49. The maximum Gasteiger partial charge on any atom is 0.0386 e. The van der Waals surface area contributed by atoms with Gasteiger partial charge in [0.15, 0.2) is 0 Å². The Morgan fingerprint density at radius 1 is 1.25 bits per heavy atom. The van der Waals surface area contributed by atoms with Crippen molar-refractivity contribution in [1.29, 1.82) is 0 Å². The van der Waals surface area contributed by atoms with E-state index in [2.05, 4.69) is 17.5 Å². The lowest BCUT2D eigenvalue weighted by atomic mass is 9.94. The predicted octanol–water partition coefficient (Wildman–Crippen LogP) is 5.26. The van der Waals surface area contributed by atoms with Gasteiger partial charge in [0, 0.05) is 10.3 Å². The summed E-state index contributed by atoms with van der Waals surface area (Å²) in [6.07, 6.45) is 10.8. The minimum absolute atomic E-state index is 0.349. The second kappa shape index (κ2) is 6.66. The van der Waals surface area contributed by atoms with E-state index in [0.717, 1.165) is 12.3 Å². The maximum atomic E-state index is 6.47. The molecule has 2 heteroatoms. The van der Waals surface area contributed by atoms with Crippen molar-refractivity contribution in [2.45, 2.75) is 56.7 Å². The molecular formula is C14H21ClS. The third-order valence-corrected chi connectivity index (χ3v) is 4.80. The standard InChI is InChI=1S/C14H21ClS/c15-13(11-14-8-5-9-16-14)10-12-6-3-1-2-4-7-12/h5,8-9,12-13H,1-4,6-7,10-11H2. The monoisotopic (exact) mass is 256 g/mol. The molecule has 0 spiro atoms. The van der Waals surface area contributed by atoms with E-state index in [1.165, 1.54) is 49.8 Å². The Hall–Kier alpha value is -0.0100. The van der Waals surface area contributed by atoms with Gasteiger partial charge in [-0.2, -0.15) is 0 Å². The SMILES string of the molecule is ClC(Cc1cccs1)CC1CCCCCC1. The molecule has 1 aliphatic carbocycles. The molecule has 1 atom stereocenters. The van der Waals surface area contributed by atoms with Crippen LogP contribution in [-0.4, -0.2) is 5.38 Å². The Kier molecular flexibility index (Phi) is 5.18. The minimum atomic E-state index is 0.349. The van der Waals surface area contributed by atoms with Gasteiger partial charge in [0.2, 0.25) is 0 Å². The van der Waals surface area contributed by atoms with Crippen LogP contribution in [0.5, 0.6) is 0 Å². The first kappa shape index (κ1) is 12.4. The van der Waals surface area contributed by atoms with Crippen molar-refractivity contribution in [3.8, 4) is 0 Å². The molecule has 1 aliphatic rings. The van der Waals surface area contributed by atoms with Crippen LogP contribution in [0.15, 0.2) is 17.5 Å². The number of halogens is 1. The fraction of sp³-hybridized carbons (Fsp3) is 0.714. The lowest BCUT2D eigenvalue weighted by Crippen LogP contribution is -2.10. The molecule has 0 bridgehead atoms. The van der Waals surface area contributed by atoms with Crippen molar-refractivity contribution in [1.82, 2.24) is 0 Å². The molecule has 90 valence electrons. The van der Waals surface area contributed by atoms with E-state index in [0.29, 0.717) is 5.38 Å². The highest BCUT2D eigenvalue weighted by Gasteiger charge is 2.17. The molecule has 0 aliphatic heterocycles. The quantitative estimate of drug-likeness (QED) is 0.509. The molecule has 2 rings (SSSR count). The zero-order valence-corrected chi connectivity index (χ0v) is 11.4. The molecule has 1 heterocycles. The van der Waals surface area contributed by atoms with Crippen LogP contribution in [0, 0.1) is 5.92 Å². The van der Waals surface area contributed by atoms with Gasteiger partial charge in [-0.3, -0.25) is 0 Å². The van der Waals surface area contributed by atoms with Gasteiger partial charge in [-0.1, -0.05) is 44.6 Å². The fourth-order valence-electron chi connectivity index (χ4n) is 2.69. The first-order chi connectivity index (χ1) is 7.84. The van der Waals surface area contributed by atoms with E-state index in [1.807, 2.05) is 11.3 Å². The van der Waals surface area contributed by atoms with E-state index in [4.69, 9.17) is 11.6 Å². The second-order valence-electron chi connectivity index (χ2n) is 4.97. The summed E-state index contributed by atoms with van der Waals surface area (Å²) in [4.78, 5) is 1.44. The number of alkyl halides is 1. The Morgan fingerprint density at radius 3 is 2.62 bits per heavy atom. The predicted molar refractivity (Wildman–Crippen MR) is 73.5 cm³/mol. The van der Waals surface area contributed by atoms with Crippen LogP contribution < -0.4 is 0 Å². The van der Waals surface area contributed by atoms with Crippen molar-refractivity contribution in [3.63, 3.8) is 0 Å². The van der Waals surface area contributed by atoms with E-state index in [-0.39, 0.29) is 0 Å². The topological polar surface area (TPSA) is 0 Å². The molecular weight excluding hydrogens is 236 g/mol. The summed E-state index contributed by atoms with van der Waals surface area (Å²) in [6.45, 7) is 0. The highest BCUT2D eigenvalue weighted by molar-refractivity contribution is 7.09. The molecule has 0 radical (unpaired) electrons.